The maximum Gasteiger partial charge on any atom is 0.407 e. The van der Waals surface area contributed by atoms with Crippen LogP contribution in [0, 0.1) is 0 Å². The van der Waals surface area contributed by atoms with Crippen molar-refractivity contribution < 1.29 is 9.53 Å². The van der Waals surface area contributed by atoms with Gasteiger partial charge in [-0.3, -0.25) is 0 Å². The highest BCUT2D eigenvalue weighted by Gasteiger charge is 2.29. The Morgan fingerprint density at radius 1 is 1.43 bits per heavy atom. The highest BCUT2D eigenvalue weighted by molar-refractivity contribution is 7.10. The number of ether oxygens (including phenoxy) is 1. The Balaban J connectivity index is 1.83. The number of alkyl carbamates (subject to hydrolysis) is 1. The summed E-state index contributed by atoms with van der Waals surface area (Å²) in [4.78, 5) is 13.0. The third kappa shape index (κ3) is 4.89. The fraction of sp³-hybridized carbons (Fsp3) is 0.667. The SMILES string of the molecule is CC(C)(C)OC(=O)NC1CCCC1NCc1sccc1N. The maximum absolute atomic E-state index is 11.9. The lowest BCUT2D eigenvalue weighted by molar-refractivity contribution is 0.0498. The molecule has 5 nitrogen and oxygen atoms in total. The molecular formula is C15H25N3O2S. The van der Waals surface area contributed by atoms with E-state index in [9.17, 15) is 4.79 Å². The van der Waals surface area contributed by atoms with Gasteiger partial charge in [0.25, 0.3) is 0 Å². The summed E-state index contributed by atoms with van der Waals surface area (Å²) in [6.45, 7) is 6.37. The van der Waals surface area contributed by atoms with Gasteiger partial charge in [0.1, 0.15) is 5.60 Å². The molecule has 2 rings (SSSR count). The Morgan fingerprint density at radius 3 is 2.76 bits per heavy atom. The molecule has 4 N–H and O–H groups in total. The van der Waals surface area contributed by atoms with E-state index in [2.05, 4.69) is 10.6 Å². The molecule has 2 atom stereocenters. The summed E-state index contributed by atoms with van der Waals surface area (Å²) in [5.74, 6) is 0. The minimum absolute atomic E-state index is 0.126. The number of nitrogen functional groups attached to an aromatic ring is 1. The molecule has 0 spiro atoms. The first-order valence-corrected chi connectivity index (χ1v) is 8.28. The number of hydrogen-bond donors (Lipinski definition) is 3. The molecule has 0 aliphatic heterocycles. The maximum atomic E-state index is 11.9. The van der Waals surface area contributed by atoms with Crippen LogP contribution in [-0.4, -0.2) is 23.8 Å². The third-order valence-electron chi connectivity index (χ3n) is 3.52. The largest absolute Gasteiger partial charge is 0.444 e. The number of nitrogens with one attached hydrogen (secondary N) is 2. The van der Waals surface area contributed by atoms with Gasteiger partial charge in [0, 0.05) is 29.2 Å². The summed E-state index contributed by atoms with van der Waals surface area (Å²) in [6.07, 6.45) is 2.82. The molecule has 0 bridgehead atoms. The number of thiophene rings is 1. The molecule has 0 radical (unpaired) electrons. The van der Waals surface area contributed by atoms with E-state index in [1.165, 1.54) is 0 Å². The van der Waals surface area contributed by atoms with Crippen molar-refractivity contribution in [3.63, 3.8) is 0 Å². The van der Waals surface area contributed by atoms with Crippen LogP contribution >= 0.6 is 11.3 Å². The van der Waals surface area contributed by atoms with Crippen LogP contribution in [0.25, 0.3) is 0 Å². The summed E-state index contributed by atoms with van der Waals surface area (Å²) in [6, 6.07) is 2.33. The zero-order valence-corrected chi connectivity index (χ0v) is 13.8. The van der Waals surface area contributed by atoms with Gasteiger partial charge in [-0.15, -0.1) is 11.3 Å². The number of rotatable bonds is 4. The van der Waals surface area contributed by atoms with Gasteiger partial charge in [0.05, 0.1) is 0 Å². The zero-order chi connectivity index (χ0) is 15.5. The minimum atomic E-state index is -0.461. The van der Waals surface area contributed by atoms with Gasteiger partial charge >= 0.3 is 6.09 Å². The van der Waals surface area contributed by atoms with Crippen LogP contribution < -0.4 is 16.4 Å². The molecule has 0 aromatic carbocycles. The van der Waals surface area contributed by atoms with Gasteiger partial charge in [0.15, 0.2) is 0 Å². The van der Waals surface area contributed by atoms with Crippen molar-refractivity contribution in [1.29, 1.82) is 0 Å². The first-order valence-electron chi connectivity index (χ1n) is 7.40. The fourth-order valence-electron chi connectivity index (χ4n) is 2.55. The fourth-order valence-corrected chi connectivity index (χ4v) is 3.30. The molecule has 21 heavy (non-hydrogen) atoms. The first kappa shape index (κ1) is 16.1. The van der Waals surface area contributed by atoms with Crippen LogP contribution in [0.5, 0.6) is 0 Å². The molecule has 6 heteroatoms. The van der Waals surface area contributed by atoms with Crippen molar-refractivity contribution >= 4 is 23.1 Å². The van der Waals surface area contributed by atoms with Crippen molar-refractivity contribution in [2.75, 3.05) is 5.73 Å². The predicted octanol–water partition coefficient (Wildman–Crippen LogP) is 2.87. The molecule has 1 aliphatic rings. The van der Waals surface area contributed by atoms with Gasteiger partial charge in [-0.25, -0.2) is 4.79 Å². The van der Waals surface area contributed by atoms with Crippen molar-refractivity contribution in [3.8, 4) is 0 Å². The van der Waals surface area contributed by atoms with Gasteiger partial charge < -0.3 is 21.1 Å². The molecule has 1 aromatic rings. The topological polar surface area (TPSA) is 76.4 Å². The molecule has 118 valence electrons. The summed E-state index contributed by atoms with van der Waals surface area (Å²) < 4.78 is 5.32. The Bertz CT molecular complexity index is 482. The third-order valence-corrected chi connectivity index (χ3v) is 4.46. The van der Waals surface area contributed by atoms with E-state index in [1.807, 2.05) is 32.2 Å². The van der Waals surface area contributed by atoms with Gasteiger partial charge in [-0.1, -0.05) is 0 Å². The highest BCUT2D eigenvalue weighted by atomic mass is 32.1. The first-order chi connectivity index (χ1) is 9.85. The van der Waals surface area contributed by atoms with Crippen LogP contribution in [0.1, 0.15) is 44.9 Å². The zero-order valence-electron chi connectivity index (χ0n) is 12.9. The summed E-state index contributed by atoms with van der Waals surface area (Å²) >= 11 is 1.66. The number of nitrogens with two attached hydrogens (primary N) is 1. The number of hydrogen-bond acceptors (Lipinski definition) is 5. The van der Waals surface area contributed by atoms with Crippen molar-refractivity contribution in [1.82, 2.24) is 10.6 Å². The lowest BCUT2D eigenvalue weighted by Gasteiger charge is -2.25. The summed E-state index contributed by atoms with van der Waals surface area (Å²) in [5.41, 5.74) is 6.26. The molecule has 2 unspecified atom stereocenters. The normalized spacial score (nSPS) is 22.2. The lowest BCUT2D eigenvalue weighted by atomic mass is 10.1. The van der Waals surface area contributed by atoms with Crippen LogP contribution in [0.15, 0.2) is 11.4 Å². The number of anilines is 1. The second-order valence-corrected chi connectivity index (χ2v) is 7.47. The molecule has 1 fully saturated rings. The average Bonchev–Trinajstić information content (AvgIpc) is 2.93. The second-order valence-electron chi connectivity index (χ2n) is 6.47. The Hall–Kier alpha value is -1.27. The number of carbonyl (C=O) groups is 1. The van der Waals surface area contributed by atoms with Gasteiger partial charge in [0.2, 0.25) is 0 Å². The summed E-state index contributed by atoms with van der Waals surface area (Å²) in [7, 11) is 0. The van der Waals surface area contributed by atoms with E-state index in [0.717, 1.165) is 36.4 Å². The Morgan fingerprint density at radius 2 is 2.14 bits per heavy atom. The van der Waals surface area contributed by atoms with Crippen LogP contribution in [0.2, 0.25) is 0 Å². The van der Waals surface area contributed by atoms with Gasteiger partial charge in [-0.05, 0) is 51.5 Å². The number of amides is 1. The van der Waals surface area contributed by atoms with Crippen LogP contribution in [0.3, 0.4) is 0 Å². The van der Waals surface area contributed by atoms with Crippen molar-refractivity contribution in [3.05, 3.63) is 16.3 Å². The minimum Gasteiger partial charge on any atom is -0.444 e. The van der Waals surface area contributed by atoms with Crippen molar-refractivity contribution in [2.45, 2.75) is 64.3 Å². The Labute approximate surface area is 130 Å². The van der Waals surface area contributed by atoms with Crippen LogP contribution in [-0.2, 0) is 11.3 Å². The number of carbonyl (C=O) groups excluding carboxylic acids is 1. The van der Waals surface area contributed by atoms with E-state index in [0.29, 0.717) is 0 Å². The molecule has 1 amide bonds. The predicted molar refractivity (Wildman–Crippen MR) is 86.4 cm³/mol. The van der Waals surface area contributed by atoms with E-state index < -0.39 is 5.60 Å². The lowest BCUT2D eigenvalue weighted by Crippen LogP contribution is -2.47. The second kappa shape index (κ2) is 6.66. The highest BCUT2D eigenvalue weighted by Crippen LogP contribution is 2.23. The Kier molecular flexibility index (Phi) is 5.11. The smallest absolute Gasteiger partial charge is 0.407 e. The molecule has 1 saturated carbocycles. The molecule has 1 aliphatic carbocycles. The van der Waals surface area contributed by atoms with E-state index >= 15 is 0 Å². The molecule has 1 heterocycles. The monoisotopic (exact) mass is 311 g/mol. The molecular weight excluding hydrogens is 286 g/mol. The van der Waals surface area contributed by atoms with Gasteiger partial charge in [-0.2, -0.15) is 0 Å². The van der Waals surface area contributed by atoms with Crippen LogP contribution in [0.4, 0.5) is 10.5 Å². The van der Waals surface area contributed by atoms with Crippen molar-refractivity contribution in [2.24, 2.45) is 0 Å². The standard InChI is InChI=1S/C15H25N3O2S/c1-15(2,3)20-14(19)18-12-6-4-5-11(12)17-9-13-10(16)7-8-21-13/h7-8,11-12,17H,4-6,9,16H2,1-3H3,(H,18,19). The van der Waals surface area contributed by atoms with E-state index in [1.54, 1.807) is 11.3 Å². The quantitative estimate of drug-likeness (QED) is 0.799. The average molecular weight is 311 g/mol. The molecule has 0 saturated heterocycles. The molecule has 1 aromatic heterocycles. The summed E-state index contributed by atoms with van der Waals surface area (Å²) in [5, 5.41) is 8.48. The van der Waals surface area contributed by atoms with E-state index in [-0.39, 0.29) is 18.2 Å². The van der Waals surface area contributed by atoms with E-state index in [4.69, 9.17) is 10.5 Å².